The van der Waals surface area contributed by atoms with Crippen LogP contribution in [0.5, 0.6) is 0 Å². The maximum Gasteiger partial charge on any atom is 0.347 e. The second-order valence-corrected chi connectivity index (χ2v) is 5.73. The number of hydrogen-bond donors (Lipinski definition) is 1. The Bertz CT molecular complexity index is 985. The third-order valence-corrected chi connectivity index (χ3v) is 4.45. The van der Waals surface area contributed by atoms with E-state index in [4.69, 9.17) is 5.11 Å². The van der Waals surface area contributed by atoms with E-state index in [2.05, 4.69) is 4.98 Å². The molecule has 22 heavy (non-hydrogen) atoms. The second kappa shape index (κ2) is 5.23. The van der Waals surface area contributed by atoms with Crippen LogP contribution >= 0.6 is 11.3 Å². The fourth-order valence-corrected chi connectivity index (χ4v) is 3.08. The highest BCUT2D eigenvalue weighted by atomic mass is 32.1. The predicted octanol–water partition coefficient (Wildman–Crippen LogP) is 0.973. The maximum atomic E-state index is 12.5. The number of aromatic carboxylic acids is 1. The van der Waals surface area contributed by atoms with Gasteiger partial charge in [-0.25, -0.2) is 9.59 Å². The van der Waals surface area contributed by atoms with E-state index < -0.39 is 17.2 Å². The third kappa shape index (κ3) is 2.23. The Morgan fingerprint density at radius 3 is 2.77 bits per heavy atom. The zero-order chi connectivity index (χ0) is 15.9. The van der Waals surface area contributed by atoms with Crippen LogP contribution in [-0.4, -0.2) is 25.0 Å². The van der Waals surface area contributed by atoms with Crippen LogP contribution in [0.4, 0.5) is 0 Å². The fourth-order valence-electron chi connectivity index (χ4n) is 2.16. The largest absolute Gasteiger partial charge is 0.477 e. The Balaban J connectivity index is 2.25. The molecule has 0 atom stereocenters. The molecule has 3 aromatic rings. The summed E-state index contributed by atoms with van der Waals surface area (Å²) >= 11 is 0.910. The Labute approximate surface area is 127 Å². The summed E-state index contributed by atoms with van der Waals surface area (Å²) in [7, 11) is 0. The molecule has 0 radical (unpaired) electrons. The highest BCUT2D eigenvalue weighted by Crippen LogP contribution is 2.17. The van der Waals surface area contributed by atoms with Gasteiger partial charge in [-0.1, -0.05) is 6.07 Å². The zero-order valence-electron chi connectivity index (χ0n) is 11.5. The van der Waals surface area contributed by atoms with Gasteiger partial charge in [-0.05, 0) is 19.1 Å². The Morgan fingerprint density at radius 1 is 1.36 bits per heavy atom. The van der Waals surface area contributed by atoms with Crippen molar-refractivity contribution in [3.05, 3.63) is 67.6 Å². The van der Waals surface area contributed by atoms with Crippen LogP contribution in [0.3, 0.4) is 0 Å². The maximum absolute atomic E-state index is 12.5. The quantitative estimate of drug-likeness (QED) is 0.777. The Morgan fingerprint density at radius 2 is 2.14 bits per heavy atom. The molecule has 0 aliphatic carbocycles. The van der Waals surface area contributed by atoms with Crippen LogP contribution in [0, 0.1) is 6.92 Å². The molecule has 0 aromatic carbocycles. The third-order valence-electron chi connectivity index (χ3n) is 3.25. The molecule has 0 saturated heterocycles. The first-order valence-corrected chi connectivity index (χ1v) is 7.19. The van der Waals surface area contributed by atoms with E-state index in [-0.39, 0.29) is 11.4 Å². The summed E-state index contributed by atoms with van der Waals surface area (Å²) < 4.78 is 2.26. The second-order valence-electron chi connectivity index (χ2n) is 4.70. The number of carboxylic acid groups (broad SMARTS) is 1. The molecule has 0 saturated carbocycles. The van der Waals surface area contributed by atoms with Gasteiger partial charge in [-0.15, -0.1) is 11.3 Å². The van der Waals surface area contributed by atoms with Crippen LogP contribution in [0.1, 0.15) is 20.9 Å². The lowest BCUT2D eigenvalue weighted by molar-refractivity contribution is 0.0701. The number of aryl methyl sites for hydroxylation is 1. The van der Waals surface area contributed by atoms with Gasteiger partial charge in [0, 0.05) is 18.0 Å². The van der Waals surface area contributed by atoms with Gasteiger partial charge in [0.15, 0.2) is 0 Å². The van der Waals surface area contributed by atoms with Gasteiger partial charge in [-0.2, -0.15) is 0 Å². The lowest BCUT2D eigenvalue weighted by Gasteiger charge is -2.06. The van der Waals surface area contributed by atoms with E-state index in [1.807, 2.05) is 0 Å². The molecule has 3 heterocycles. The number of carboxylic acids is 1. The summed E-state index contributed by atoms with van der Waals surface area (Å²) in [5.41, 5.74) is -0.0859. The molecule has 3 aromatic heterocycles. The number of hydrogen-bond acceptors (Lipinski definition) is 5. The lowest BCUT2D eigenvalue weighted by Crippen LogP contribution is -2.38. The summed E-state index contributed by atoms with van der Waals surface area (Å²) in [4.78, 5) is 40.3. The van der Waals surface area contributed by atoms with E-state index in [9.17, 15) is 14.4 Å². The van der Waals surface area contributed by atoms with Crippen LogP contribution in [0.2, 0.25) is 0 Å². The minimum atomic E-state index is -1.13. The SMILES string of the molecule is Cc1c(=O)n(Cc2ccccn2)c(=O)n2cc(C(=O)O)sc12. The first-order valence-electron chi connectivity index (χ1n) is 6.38. The standard InChI is InChI=1S/C14H11N3O4S/c1-8-11(18)16(6-9-4-2-3-5-15-9)14(21)17-7-10(13(19)20)22-12(8)17/h2-5,7H,6H2,1H3,(H,19,20). The topological polar surface area (TPSA) is 93.7 Å². The lowest BCUT2D eigenvalue weighted by atomic mass is 10.3. The van der Waals surface area contributed by atoms with Crippen molar-refractivity contribution in [3.8, 4) is 0 Å². The van der Waals surface area contributed by atoms with Gasteiger partial charge in [-0.3, -0.25) is 18.7 Å². The minimum Gasteiger partial charge on any atom is -0.477 e. The molecule has 0 spiro atoms. The van der Waals surface area contributed by atoms with Gasteiger partial charge in [0.2, 0.25) is 0 Å². The highest BCUT2D eigenvalue weighted by Gasteiger charge is 2.17. The Kier molecular flexibility index (Phi) is 3.38. The van der Waals surface area contributed by atoms with Crippen molar-refractivity contribution in [2.45, 2.75) is 13.5 Å². The molecule has 7 nitrogen and oxygen atoms in total. The monoisotopic (exact) mass is 317 g/mol. The molecule has 0 amide bonds. The van der Waals surface area contributed by atoms with Crippen molar-refractivity contribution in [2.24, 2.45) is 0 Å². The van der Waals surface area contributed by atoms with E-state index in [0.29, 0.717) is 16.1 Å². The van der Waals surface area contributed by atoms with Gasteiger partial charge >= 0.3 is 11.7 Å². The van der Waals surface area contributed by atoms with Gasteiger partial charge in [0.25, 0.3) is 5.56 Å². The number of aromatic nitrogens is 3. The molecule has 1 N–H and O–H groups in total. The Hall–Kier alpha value is -2.74. The van der Waals surface area contributed by atoms with E-state index >= 15 is 0 Å². The van der Waals surface area contributed by atoms with Crippen molar-refractivity contribution in [1.29, 1.82) is 0 Å². The molecule has 0 fully saturated rings. The number of nitrogens with zero attached hydrogens (tertiary/aromatic N) is 3. The average Bonchev–Trinajstić information content (AvgIpc) is 2.96. The summed E-state index contributed by atoms with van der Waals surface area (Å²) in [6, 6.07) is 5.22. The summed E-state index contributed by atoms with van der Waals surface area (Å²) in [5, 5.41) is 9.04. The molecule has 0 aliphatic heterocycles. The molecular formula is C14H11N3O4S. The van der Waals surface area contributed by atoms with Crippen LogP contribution in [0.15, 0.2) is 40.2 Å². The predicted molar refractivity (Wildman–Crippen MR) is 80.8 cm³/mol. The minimum absolute atomic E-state index is 0.00943. The van der Waals surface area contributed by atoms with E-state index in [0.717, 1.165) is 15.9 Å². The highest BCUT2D eigenvalue weighted by molar-refractivity contribution is 7.19. The molecule has 0 unspecified atom stereocenters. The van der Waals surface area contributed by atoms with Crippen LogP contribution in [-0.2, 0) is 6.54 Å². The van der Waals surface area contributed by atoms with Gasteiger partial charge in [0.05, 0.1) is 12.2 Å². The van der Waals surface area contributed by atoms with Gasteiger partial charge in [0.1, 0.15) is 9.71 Å². The average molecular weight is 317 g/mol. The van der Waals surface area contributed by atoms with E-state index in [1.165, 1.54) is 10.6 Å². The zero-order valence-corrected chi connectivity index (χ0v) is 12.3. The van der Waals surface area contributed by atoms with E-state index in [1.54, 1.807) is 31.3 Å². The number of thiazole rings is 1. The van der Waals surface area contributed by atoms with Crippen LogP contribution in [0.25, 0.3) is 4.83 Å². The normalized spacial score (nSPS) is 11.0. The van der Waals surface area contributed by atoms with Crippen molar-refractivity contribution < 1.29 is 9.90 Å². The number of pyridine rings is 1. The molecule has 0 aliphatic rings. The molecule has 112 valence electrons. The van der Waals surface area contributed by atoms with Crippen molar-refractivity contribution >= 4 is 22.1 Å². The molecule has 0 bridgehead atoms. The molecule has 8 heteroatoms. The fraction of sp³-hybridized carbons (Fsp3) is 0.143. The van der Waals surface area contributed by atoms with Gasteiger partial charge < -0.3 is 5.11 Å². The summed E-state index contributed by atoms with van der Waals surface area (Å²) in [5.74, 6) is -1.13. The smallest absolute Gasteiger partial charge is 0.347 e. The number of fused-ring (bicyclic) bond motifs is 1. The summed E-state index contributed by atoms with van der Waals surface area (Å²) in [6.45, 7) is 1.62. The van der Waals surface area contributed by atoms with Crippen LogP contribution < -0.4 is 11.2 Å². The first-order chi connectivity index (χ1) is 10.5. The molecule has 3 rings (SSSR count). The van der Waals surface area contributed by atoms with Crippen molar-refractivity contribution in [3.63, 3.8) is 0 Å². The van der Waals surface area contributed by atoms with Crippen molar-refractivity contribution in [2.75, 3.05) is 0 Å². The summed E-state index contributed by atoms with van der Waals surface area (Å²) in [6.07, 6.45) is 2.82. The molecular weight excluding hydrogens is 306 g/mol. The van der Waals surface area contributed by atoms with Crippen molar-refractivity contribution in [1.82, 2.24) is 14.0 Å². The first kappa shape index (κ1) is 14.2. The number of carbonyl (C=O) groups is 1. The number of rotatable bonds is 3.